The van der Waals surface area contributed by atoms with Crippen LogP contribution in [0.25, 0.3) is 0 Å². The normalized spacial score (nSPS) is 12.3. The van der Waals surface area contributed by atoms with Crippen molar-refractivity contribution in [3.63, 3.8) is 0 Å². The molecule has 19 heavy (non-hydrogen) atoms. The van der Waals surface area contributed by atoms with Gasteiger partial charge in [-0.25, -0.2) is 8.78 Å². The number of hydrogen-bond acceptors (Lipinski definition) is 2. The number of rotatable bonds is 3. The fraction of sp³-hybridized carbons (Fsp3) is 0.143. The summed E-state index contributed by atoms with van der Waals surface area (Å²) in [6.07, 6.45) is -1.11. The predicted molar refractivity (Wildman–Crippen MR) is 71.1 cm³/mol. The van der Waals surface area contributed by atoms with Gasteiger partial charge in [-0.3, -0.25) is 0 Å². The molecule has 1 N–H and O–H groups in total. The highest BCUT2D eigenvalue weighted by molar-refractivity contribution is 9.10. The predicted octanol–water partition coefficient (Wildman–Crippen LogP) is 3.82. The van der Waals surface area contributed by atoms with E-state index in [4.69, 9.17) is 4.74 Å². The Bertz CT molecular complexity index is 602. The molecule has 0 radical (unpaired) electrons. The second-order valence-electron chi connectivity index (χ2n) is 3.95. The Kier molecular flexibility index (Phi) is 4.17. The van der Waals surface area contributed by atoms with E-state index < -0.39 is 17.7 Å². The summed E-state index contributed by atoms with van der Waals surface area (Å²) in [4.78, 5) is 0. The lowest BCUT2D eigenvalue weighted by Crippen LogP contribution is -2.04. The lowest BCUT2D eigenvalue weighted by molar-refractivity contribution is 0.213. The molecule has 2 rings (SSSR count). The molecule has 0 saturated carbocycles. The molecule has 0 amide bonds. The third kappa shape index (κ3) is 2.93. The van der Waals surface area contributed by atoms with Gasteiger partial charge in [-0.2, -0.15) is 0 Å². The maximum absolute atomic E-state index is 13.3. The van der Waals surface area contributed by atoms with Crippen LogP contribution < -0.4 is 4.74 Å². The van der Waals surface area contributed by atoms with E-state index in [0.717, 1.165) is 0 Å². The van der Waals surface area contributed by atoms with E-state index in [9.17, 15) is 13.9 Å². The van der Waals surface area contributed by atoms with Gasteiger partial charge in [0.05, 0.1) is 7.11 Å². The van der Waals surface area contributed by atoms with E-state index in [0.29, 0.717) is 15.8 Å². The van der Waals surface area contributed by atoms with Crippen molar-refractivity contribution in [2.24, 2.45) is 0 Å². The molecule has 0 heterocycles. The van der Waals surface area contributed by atoms with Crippen molar-refractivity contribution < 1.29 is 18.6 Å². The highest BCUT2D eigenvalue weighted by atomic mass is 79.9. The number of methoxy groups -OCH3 is 1. The minimum absolute atomic E-state index is 0.287. The maximum atomic E-state index is 13.3. The van der Waals surface area contributed by atoms with Crippen molar-refractivity contribution in [3.8, 4) is 5.75 Å². The number of aliphatic hydroxyl groups excluding tert-OH is 1. The summed E-state index contributed by atoms with van der Waals surface area (Å²) in [5.74, 6) is -0.535. The van der Waals surface area contributed by atoms with E-state index in [2.05, 4.69) is 15.9 Å². The Morgan fingerprint density at radius 1 is 1.05 bits per heavy atom. The molecular formula is C14H11BrF2O2. The molecule has 2 aromatic carbocycles. The van der Waals surface area contributed by atoms with Crippen LogP contribution in [0.1, 0.15) is 17.2 Å². The number of hydrogen-bond donors (Lipinski definition) is 1. The number of halogens is 3. The molecule has 2 nitrogen and oxygen atoms in total. The first kappa shape index (κ1) is 14.0. The summed E-state index contributed by atoms with van der Waals surface area (Å²) in [6.45, 7) is 0. The van der Waals surface area contributed by atoms with Gasteiger partial charge in [-0.05, 0) is 35.9 Å². The lowest BCUT2D eigenvalue weighted by atomic mass is 10.0. The number of ether oxygens (including phenoxy) is 1. The number of benzene rings is 2. The zero-order valence-electron chi connectivity index (χ0n) is 10.0. The second-order valence-corrected chi connectivity index (χ2v) is 4.81. The summed E-state index contributed by atoms with van der Waals surface area (Å²) in [6, 6.07) is 7.78. The average molecular weight is 329 g/mol. The van der Waals surface area contributed by atoms with Crippen LogP contribution in [0.5, 0.6) is 5.75 Å². The first-order valence-corrected chi connectivity index (χ1v) is 6.28. The van der Waals surface area contributed by atoms with Gasteiger partial charge in [0.1, 0.15) is 23.5 Å². The van der Waals surface area contributed by atoms with Gasteiger partial charge >= 0.3 is 0 Å². The third-order valence-electron chi connectivity index (χ3n) is 2.74. The minimum atomic E-state index is -1.11. The maximum Gasteiger partial charge on any atom is 0.125 e. The SMILES string of the molecule is COc1ccc(F)cc1C(O)c1ccc(F)cc1Br. The highest BCUT2D eigenvalue weighted by Crippen LogP contribution is 2.34. The lowest BCUT2D eigenvalue weighted by Gasteiger charge is -2.16. The second kappa shape index (κ2) is 5.67. The van der Waals surface area contributed by atoms with Crippen molar-refractivity contribution in [1.82, 2.24) is 0 Å². The number of aliphatic hydroxyl groups is 1. The third-order valence-corrected chi connectivity index (χ3v) is 3.43. The molecule has 2 aromatic rings. The van der Waals surface area contributed by atoms with E-state index >= 15 is 0 Å². The molecule has 100 valence electrons. The zero-order valence-corrected chi connectivity index (χ0v) is 11.6. The molecule has 0 bridgehead atoms. The summed E-state index contributed by atoms with van der Waals surface area (Å²) >= 11 is 3.18. The summed E-state index contributed by atoms with van der Waals surface area (Å²) < 4.78 is 31.8. The molecule has 5 heteroatoms. The first-order chi connectivity index (χ1) is 9.02. The van der Waals surface area contributed by atoms with Crippen molar-refractivity contribution in [1.29, 1.82) is 0 Å². The van der Waals surface area contributed by atoms with Gasteiger partial charge in [0, 0.05) is 10.0 Å². The van der Waals surface area contributed by atoms with Gasteiger partial charge in [0.25, 0.3) is 0 Å². The minimum Gasteiger partial charge on any atom is -0.496 e. The smallest absolute Gasteiger partial charge is 0.125 e. The zero-order chi connectivity index (χ0) is 14.0. The Balaban J connectivity index is 2.49. The molecule has 0 saturated heterocycles. The molecular weight excluding hydrogens is 318 g/mol. The van der Waals surface area contributed by atoms with E-state index in [1.807, 2.05) is 0 Å². The van der Waals surface area contributed by atoms with Gasteiger partial charge in [-0.15, -0.1) is 0 Å². The standard InChI is InChI=1S/C14H11BrF2O2/c1-19-13-5-3-8(16)6-11(13)14(18)10-4-2-9(17)7-12(10)15/h2-7,14,18H,1H3. The molecule has 0 spiro atoms. The average Bonchev–Trinajstić information content (AvgIpc) is 2.38. The Hall–Kier alpha value is -1.46. The molecule has 0 aromatic heterocycles. The Labute approximate surface area is 117 Å². The van der Waals surface area contributed by atoms with Crippen LogP contribution in [0.2, 0.25) is 0 Å². The molecule has 0 aliphatic rings. The molecule has 1 unspecified atom stereocenters. The van der Waals surface area contributed by atoms with Crippen LogP contribution in [0, 0.1) is 11.6 Å². The summed E-state index contributed by atoms with van der Waals surface area (Å²) in [5.41, 5.74) is 0.722. The van der Waals surface area contributed by atoms with Crippen LogP contribution in [0.3, 0.4) is 0 Å². The van der Waals surface area contributed by atoms with Crippen molar-refractivity contribution in [2.75, 3.05) is 7.11 Å². The molecule has 0 aliphatic carbocycles. The first-order valence-electron chi connectivity index (χ1n) is 5.49. The molecule has 0 aliphatic heterocycles. The summed E-state index contributed by atoms with van der Waals surface area (Å²) in [7, 11) is 1.43. The van der Waals surface area contributed by atoms with E-state index in [-0.39, 0.29) is 5.56 Å². The van der Waals surface area contributed by atoms with Gasteiger partial charge in [0.2, 0.25) is 0 Å². The van der Waals surface area contributed by atoms with Crippen LogP contribution in [0.15, 0.2) is 40.9 Å². The van der Waals surface area contributed by atoms with Crippen LogP contribution in [-0.4, -0.2) is 12.2 Å². The molecule has 1 atom stereocenters. The summed E-state index contributed by atoms with van der Waals surface area (Å²) in [5, 5.41) is 10.3. The highest BCUT2D eigenvalue weighted by Gasteiger charge is 2.19. The largest absolute Gasteiger partial charge is 0.496 e. The van der Waals surface area contributed by atoms with E-state index in [1.165, 1.54) is 43.5 Å². The van der Waals surface area contributed by atoms with Crippen LogP contribution in [-0.2, 0) is 0 Å². The van der Waals surface area contributed by atoms with Crippen molar-refractivity contribution >= 4 is 15.9 Å². The Morgan fingerprint density at radius 3 is 2.32 bits per heavy atom. The quantitative estimate of drug-likeness (QED) is 0.928. The molecule has 0 fully saturated rings. The van der Waals surface area contributed by atoms with Gasteiger partial charge in [-0.1, -0.05) is 22.0 Å². The topological polar surface area (TPSA) is 29.5 Å². The van der Waals surface area contributed by atoms with Gasteiger partial charge < -0.3 is 9.84 Å². The van der Waals surface area contributed by atoms with Crippen LogP contribution in [0.4, 0.5) is 8.78 Å². The Morgan fingerprint density at radius 2 is 1.68 bits per heavy atom. The fourth-order valence-corrected chi connectivity index (χ4v) is 2.38. The fourth-order valence-electron chi connectivity index (χ4n) is 1.81. The van der Waals surface area contributed by atoms with Crippen LogP contribution >= 0.6 is 15.9 Å². The van der Waals surface area contributed by atoms with Crippen molar-refractivity contribution in [3.05, 3.63) is 63.6 Å². The van der Waals surface area contributed by atoms with Gasteiger partial charge in [0.15, 0.2) is 0 Å². The monoisotopic (exact) mass is 328 g/mol. The van der Waals surface area contributed by atoms with E-state index in [1.54, 1.807) is 0 Å². The van der Waals surface area contributed by atoms with Crippen molar-refractivity contribution in [2.45, 2.75) is 6.10 Å².